The fourth-order valence-electron chi connectivity index (χ4n) is 2.46. The van der Waals surface area contributed by atoms with E-state index in [0.717, 1.165) is 25.6 Å². The highest BCUT2D eigenvalue weighted by molar-refractivity contribution is 7.92. The minimum absolute atomic E-state index is 0.0500. The third-order valence-electron chi connectivity index (χ3n) is 3.51. The number of rotatable bonds is 4. The van der Waals surface area contributed by atoms with Crippen LogP contribution >= 0.6 is 0 Å². The highest BCUT2D eigenvalue weighted by Gasteiger charge is 2.27. The summed E-state index contributed by atoms with van der Waals surface area (Å²) >= 11 is 0. The number of carbonyl (C=O) groups is 1. The van der Waals surface area contributed by atoms with Gasteiger partial charge in [-0.3, -0.25) is 9.52 Å². The molecule has 116 valence electrons. The Morgan fingerprint density at radius 1 is 1.24 bits per heavy atom. The molecule has 3 N–H and O–H groups in total. The summed E-state index contributed by atoms with van der Waals surface area (Å²) in [5.41, 5.74) is 1.12. The highest BCUT2D eigenvalue weighted by Crippen LogP contribution is 2.19. The van der Waals surface area contributed by atoms with Gasteiger partial charge in [-0.1, -0.05) is 6.92 Å². The Kier molecular flexibility index (Phi) is 4.84. The van der Waals surface area contributed by atoms with Gasteiger partial charge in [0.25, 0.3) is 0 Å². The topological polar surface area (TPSA) is 87.3 Å². The first-order chi connectivity index (χ1) is 9.85. The average molecular weight is 311 g/mol. The van der Waals surface area contributed by atoms with Crippen molar-refractivity contribution < 1.29 is 13.2 Å². The minimum Gasteiger partial charge on any atom is -0.325 e. The Morgan fingerprint density at radius 3 is 2.43 bits per heavy atom. The van der Waals surface area contributed by atoms with Crippen LogP contribution in [0.1, 0.15) is 19.8 Å². The van der Waals surface area contributed by atoms with E-state index < -0.39 is 10.0 Å². The summed E-state index contributed by atoms with van der Waals surface area (Å²) in [5, 5.41) is 6.08. The molecule has 21 heavy (non-hydrogen) atoms. The van der Waals surface area contributed by atoms with E-state index in [2.05, 4.69) is 22.3 Å². The smallest absolute Gasteiger partial charge is 0.241 e. The van der Waals surface area contributed by atoms with E-state index in [1.54, 1.807) is 24.3 Å². The molecule has 2 atom stereocenters. The quantitative estimate of drug-likeness (QED) is 0.784. The molecule has 6 nitrogen and oxygen atoms in total. The molecule has 1 aliphatic heterocycles. The number of carbonyl (C=O) groups excluding carboxylic acids is 1. The number of hydrogen-bond acceptors (Lipinski definition) is 4. The van der Waals surface area contributed by atoms with E-state index in [1.807, 2.05) is 0 Å². The minimum atomic E-state index is -3.28. The molecule has 1 fully saturated rings. The average Bonchev–Trinajstić information content (AvgIpc) is 2.40. The first-order valence-corrected chi connectivity index (χ1v) is 8.86. The van der Waals surface area contributed by atoms with Gasteiger partial charge in [-0.2, -0.15) is 0 Å². The largest absolute Gasteiger partial charge is 0.325 e. The lowest BCUT2D eigenvalue weighted by atomic mass is 9.92. The molecule has 0 aromatic heterocycles. The first kappa shape index (κ1) is 15.8. The van der Waals surface area contributed by atoms with Crippen molar-refractivity contribution in [1.82, 2.24) is 5.32 Å². The zero-order chi connectivity index (χ0) is 15.5. The maximum Gasteiger partial charge on any atom is 0.241 e. The van der Waals surface area contributed by atoms with Crippen molar-refractivity contribution >= 4 is 27.3 Å². The fourth-order valence-corrected chi connectivity index (χ4v) is 3.02. The molecule has 1 aromatic rings. The SMILES string of the molecule is CC1CCCNC1C(=O)Nc1ccc(NS(C)(=O)=O)cc1. The van der Waals surface area contributed by atoms with E-state index in [0.29, 0.717) is 17.3 Å². The van der Waals surface area contributed by atoms with Crippen LogP contribution in [0.5, 0.6) is 0 Å². The number of anilines is 2. The van der Waals surface area contributed by atoms with Gasteiger partial charge in [0.15, 0.2) is 0 Å². The van der Waals surface area contributed by atoms with Crippen molar-refractivity contribution in [1.29, 1.82) is 0 Å². The van der Waals surface area contributed by atoms with Crippen molar-refractivity contribution in [3.8, 4) is 0 Å². The molecule has 0 radical (unpaired) electrons. The van der Waals surface area contributed by atoms with Crippen LogP contribution in [0.25, 0.3) is 0 Å². The number of benzene rings is 1. The Labute approximate surface area is 125 Å². The molecule has 0 saturated carbocycles. The Balaban J connectivity index is 1.98. The van der Waals surface area contributed by atoms with Gasteiger partial charge in [0.1, 0.15) is 0 Å². The van der Waals surface area contributed by atoms with Crippen LogP contribution < -0.4 is 15.4 Å². The maximum atomic E-state index is 12.2. The Hall–Kier alpha value is -1.60. The molecule has 1 saturated heterocycles. The molecule has 0 aliphatic carbocycles. The molecule has 0 bridgehead atoms. The van der Waals surface area contributed by atoms with Gasteiger partial charge in [0.05, 0.1) is 12.3 Å². The van der Waals surface area contributed by atoms with Crippen molar-refractivity contribution in [2.75, 3.05) is 22.8 Å². The summed E-state index contributed by atoms with van der Waals surface area (Å²) in [6.45, 7) is 2.93. The highest BCUT2D eigenvalue weighted by atomic mass is 32.2. The van der Waals surface area contributed by atoms with Crippen LogP contribution in [0.3, 0.4) is 0 Å². The van der Waals surface area contributed by atoms with Crippen molar-refractivity contribution in [3.63, 3.8) is 0 Å². The summed E-state index contributed by atoms with van der Waals surface area (Å²) in [6.07, 6.45) is 3.23. The van der Waals surface area contributed by atoms with Crippen LogP contribution in [-0.4, -0.2) is 33.2 Å². The predicted molar refractivity (Wildman–Crippen MR) is 83.7 cm³/mol. The molecule has 2 unspecified atom stereocenters. The number of amides is 1. The molecule has 1 heterocycles. The zero-order valence-corrected chi connectivity index (χ0v) is 13.0. The van der Waals surface area contributed by atoms with Crippen LogP contribution in [0.4, 0.5) is 11.4 Å². The van der Waals surface area contributed by atoms with Gasteiger partial charge in [-0.05, 0) is 49.6 Å². The van der Waals surface area contributed by atoms with E-state index >= 15 is 0 Å². The lowest BCUT2D eigenvalue weighted by Crippen LogP contribution is -2.48. The lowest BCUT2D eigenvalue weighted by Gasteiger charge is -2.28. The standard InChI is InChI=1S/C14H21N3O3S/c1-10-4-3-9-15-13(10)14(18)16-11-5-7-12(8-6-11)17-21(2,19)20/h5-8,10,13,15,17H,3-4,9H2,1-2H3,(H,16,18). The molecular formula is C14H21N3O3S. The van der Waals surface area contributed by atoms with Crippen LogP contribution in [0.15, 0.2) is 24.3 Å². The van der Waals surface area contributed by atoms with Crippen LogP contribution in [0.2, 0.25) is 0 Å². The second-order valence-electron chi connectivity index (χ2n) is 5.49. The fraction of sp³-hybridized carbons (Fsp3) is 0.500. The molecule has 0 spiro atoms. The molecule has 1 aromatic carbocycles. The van der Waals surface area contributed by atoms with E-state index in [4.69, 9.17) is 0 Å². The molecule has 1 aliphatic rings. The van der Waals surface area contributed by atoms with Gasteiger partial charge in [0, 0.05) is 11.4 Å². The van der Waals surface area contributed by atoms with Gasteiger partial charge >= 0.3 is 0 Å². The van der Waals surface area contributed by atoms with Crippen molar-refractivity contribution in [2.45, 2.75) is 25.8 Å². The number of piperidine rings is 1. The van der Waals surface area contributed by atoms with Gasteiger partial charge < -0.3 is 10.6 Å². The lowest BCUT2D eigenvalue weighted by molar-refractivity contribution is -0.119. The molecule has 1 amide bonds. The van der Waals surface area contributed by atoms with Crippen molar-refractivity contribution in [3.05, 3.63) is 24.3 Å². The third-order valence-corrected chi connectivity index (χ3v) is 4.11. The van der Waals surface area contributed by atoms with Crippen LogP contribution in [-0.2, 0) is 14.8 Å². The van der Waals surface area contributed by atoms with Gasteiger partial charge in [0.2, 0.25) is 15.9 Å². The zero-order valence-electron chi connectivity index (χ0n) is 12.2. The summed E-state index contributed by atoms with van der Waals surface area (Å²) in [6, 6.07) is 6.42. The van der Waals surface area contributed by atoms with Gasteiger partial charge in [-0.15, -0.1) is 0 Å². The van der Waals surface area contributed by atoms with E-state index in [-0.39, 0.29) is 11.9 Å². The molecular weight excluding hydrogens is 290 g/mol. The summed E-state index contributed by atoms with van der Waals surface area (Å²) in [7, 11) is -3.28. The summed E-state index contributed by atoms with van der Waals surface area (Å²) < 4.78 is 24.6. The molecule has 7 heteroatoms. The van der Waals surface area contributed by atoms with E-state index in [9.17, 15) is 13.2 Å². The Morgan fingerprint density at radius 2 is 1.86 bits per heavy atom. The number of sulfonamides is 1. The van der Waals surface area contributed by atoms with Gasteiger partial charge in [-0.25, -0.2) is 8.42 Å². The predicted octanol–water partition coefficient (Wildman–Crippen LogP) is 1.38. The number of nitrogens with one attached hydrogen (secondary N) is 3. The monoisotopic (exact) mass is 311 g/mol. The second kappa shape index (κ2) is 6.44. The normalized spacial score (nSPS) is 22.6. The maximum absolute atomic E-state index is 12.2. The summed E-state index contributed by atoms with van der Waals surface area (Å²) in [4.78, 5) is 12.2. The van der Waals surface area contributed by atoms with Crippen LogP contribution in [0, 0.1) is 5.92 Å². The number of hydrogen-bond donors (Lipinski definition) is 3. The first-order valence-electron chi connectivity index (χ1n) is 6.97. The van der Waals surface area contributed by atoms with E-state index in [1.165, 1.54) is 0 Å². The summed E-state index contributed by atoms with van der Waals surface area (Å²) in [5.74, 6) is 0.260. The Bertz CT molecular complexity index is 598. The molecule has 2 rings (SSSR count). The second-order valence-corrected chi connectivity index (χ2v) is 7.24. The van der Waals surface area contributed by atoms with Crippen molar-refractivity contribution in [2.24, 2.45) is 5.92 Å². The third kappa shape index (κ3) is 4.71.